The number of rotatable bonds is 1. The fourth-order valence-electron chi connectivity index (χ4n) is 3.43. The maximum absolute atomic E-state index is 3.70. The second-order valence-electron chi connectivity index (χ2n) is 5.86. The highest BCUT2D eigenvalue weighted by Gasteiger charge is 2.34. The van der Waals surface area contributed by atoms with E-state index in [0.717, 1.165) is 12.1 Å². The molecule has 14 heavy (non-hydrogen) atoms. The van der Waals surface area contributed by atoms with Crippen LogP contribution in [0, 0.1) is 5.41 Å². The lowest BCUT2D eigenvalue weighted by Gasteiger charge is -2.37. The Balaban J connectivity index is 1.73. The van der Waals surface area contributed by atoms with E-state index in [1.807, 2.05) is 0 Å². The molecule has 2 saturated heterocycles. The van der Waals surface area contributed by atoms with Crippen LogP contribution in [-0.4, -0.2) is 12.1 Å². The van der Waals surface area contributed by atoms with Crippen molar-refractivity contribution in [3.8, 4) is 0 Å². The van der Waals surface area contributed by atoms with Crippen molar-refractivity contribution in [1.29, 1.82) is 0 Å². The van der Waals surface area contributed by atoms with Gasteiger partial charge in [0.25, 0.3) is 0 Å². The third-order valence-corrected chi connectivity index (χ3v) is 4.40. The second kappa shape index (κ2) is 3.10. The molecule has 1 saturated carbocycles. The fraction of sp³-hybridized carbons (Fsp3) is 0.846. The Bertz CT molecular complexity index is 248. The topological polar surface area (TPSA) is 12.0 Å². The van der Waals surface area contributed by atoms with Crippen molar-refractivity contribution in [3.63, 3.8) is 0 Å². The van der Waals surface area contributed by atoms with Gasteiger partial charge in [-0.05, 0) is 43.9 Å². The van der Waals surface area contributed by atoms with Gasteiger partial charge in [0.2, 0.25) is 0 Å². The van der Waals surface area contributed by atoms with Crippen molar-refractivity contribution >= 4 is 0 Å². The Morgan fingerprint density at radius 1 is 1.21 bits per heavy atom. The molecule has 2 aliphatic heterocycles. The first-order chi connectivity index (χ1) is 6.73. The van der Waals surface area contributed by atoms with Crippen molar-refractivity contribution in [2.45, 2.75) is 64.0 Å². The van der Waals surface area contributed by atoms with Crippen LogP contribution >= 0.6 is 0 Å². The Kier molecular flexibility index (Phi) is 1.98. The van der Waals surface area contributed by atoms with Gasteiger partial charge in [-0.2, -0.15) is 0 Å². The summed E-state index contributed by atoms with van der Waals surface area (Å²) in [4.78, 5) is 0. The van der Waals surface area contributed by atoms with Gasteiger partial charge in [-0.25, -0.2) is 0 Å². The highest BCUT2D eigenvalue weighted by molar-refractivity contribution is 5.18. The van der Waals surface area contributed by atoms with E-state index in [1.165, 1.54) is 44.9 Å². The van der Waals surface area contributed by atoms with Crippen molar-refractivity contribution in [2.24, 2.45) is 5.41 Å². The minimum atomic E-state index is 0.589. The van der Waals surface area contributed by atoms with Gasteiger partial charge in [0.15, 0.2) is 0 Å². The van der Waals surface area contributed by atoms with Crippen LogP contribution in [0.25, 0.3) is 0 Å². The first kappa shape index (κ1) is 8.96. The van der Waals surface area contributed by atoms with Gasteiger partial charge in [-0.15, -0.1) is 0 Å². The highest BCUT2D eigenvalue weighted by Crippen LogP contribution is 2.44. The van der Waals surface area contributed by atoms with E-state index in [1.54, 1.807) is 5.57 Å². The molecule has 1 aliphatic carbocycles. The lowest BCUT2D eigenvalue weighted by molar-refractivity contribution is 0.230. The predicted octanol–water partition coefficient (Wildman–Crippen LogP) is 3.02. The minimum absolute atomic E-state index is 0.589. The van der Waals surface area contributed by atoms with Crippen LogP contribution < -0.4 is 5.32 Å². The molecule has 1 heteroatoms. The molecule has 0 aromatic carbocycles. The van der Waals surface area contributed by atoms with Crippen LogP contribution in [0.5, 0.6) is 0 Å². The molecule has 3 rings (SSSR count). The average Bonchev–Trinajstić information content (AvgIpc) is 2.43. The summed E-state index contributed by atoms with van der Waals surface area (Å²) < 4.78 is 0. The Labute approximate surface area is 87.0 Å². The molecule has 2 unspecified atom stereocenters. The Hall–Kier alpha value is -0.300. The number of nitrogens with one attached hydrogen (secondary N) is 1. The molecule has 0 amide bonds. The molecular weight excluding hydrogens is 170 g/mol. The Morgan fingerprint density at radius 3 is 2.36 bits per heavy atom. The monoisotopic (exact) mass is 191 g/mol. The number of allylic oxidation sites excluding steroid dienone is 1. The zero-order valence-electron chi connectivity index (χ0n) is 9.18. The van der Waals surface area contributed by atoms with Crippen LogP contribution in [0.1, 0.15) is 51.9 Å². The summed E-state index contributed by atoms with van der Waals surface area (Å²) in [6, 6.07) is 1.65. The smallest absolute Gasteiger partial charge is 0.0107 e. The lowest BCUT2D eigenvalue weighted by atomic mass is 9.69. The first-order valence-corrected chi connectivity index (χ1v) is 6.20. The van der Waals surface area contributed by atoms with E-state index in [4.69, 9.17) is 0 Å². The summed E-state index contributed by atoms with van der Waals surface area (Å²) in [5.74, 6) is 0. The summed E-state index contributed by atoms with van der Waals surface area (Å²) in [6.07, 6.45) is 12.4. The quantitative estimate of drug-likeness (QED) is 0.628. The van der Waals surface area contributed by atoms with Gasteiger partial charge in [0, 0.05) is 12.1 Å². The molecule has 2 bridgehead atoms. The van der Waals surface area contributed by atoms with Crippen molar-refractivity contribution in [1.82, 2.24) is 5.32 Å². The molecule has 78 valence electrons. The molecule has 0 spiro atoms. The zero-order chi connectivity index (χ0) is 9.60. The highest BCUT2D eigenvalue weighted by atomic mass is 15.0. The molecule has 0 aromatic heterocycles. The van der Waals surface area contributed by atoms with Crippen LogP contribution in [0.3, 0.4) is 0 Å². The van der Waals surface area contributed by atoms with E-state index in [2.05, 4.69) is 18.3 Å². The number of fused-ring (bicyclic) bond motifs is 2. The SMILES string of the molecule is CC1(C=C2CC3CCC(C2)N3)CCC1. The number of hydrogen-bond acceptors (Lipinski definition) is 1. The lowest BCUT2D eigenvalue weighted by Crippen LogP contribution is -2.35. The third-order valence-electron chi connectivity index (χ3n) is 4.40. The van der Waals surface area contributed by atoms with E-state index >= 15 is 0 Å². The van der Waals surface area contributed by atoms with E-state index in [9.17, 15) is 0 Å². The summed E-state index contributed by atoms with van der Waals surface area (Å²) in [5.41, 5.74) is 2.35. The molecule has 0 aromatic rings. The summed E-state index contributed by atoms with van der Waals surface area (Å²) in [7, 11) is 0. The van der Waals surface area contributed by atoms with Gasteiger partial charge in [-0.1, -0.05) is 25.0 Å². The molecule has 1 N–H and O–H groups in total. The van der Waals surface area contributed by atoms with E-state index in [-0.39, 0.29) is 0 Å². The molecule has 1 nitrogen and oxygen atoms in total. The average molecular weight is 191 g/mol. The standard InChI is InChI=1S/C13H21N/c1-13(5-2-6-13)9-10-7-11-3-4-12(8-10)14-11/h9,11-12,14H,2-8H2,1H3. The molecule has 3 fully saturated rings. The van der Waals surface area contributed by atoms with E-state index < -0.39 is 0 Å². The van der Waals surface area contributed by atoms with Crippen molar-refractivity contribution in [3.05, 3.63) is 11.6 Å². The van der Waals surface area contributed by atoms with Gasteiger partial charge < -0.3 is 5.32 Å². The van der Waals surface area contributed by atoms with Gasteiger partial charge >= 0.3 is 0 Å². The Morgan fingerprint density at radius 2 is 1.86 bits per heavy atom. The molecule has 2 atom stereocenters. The molecular formula is C13H21N. The van der Waals surface area contributed by atoms with Gasteiger partial charge in [-0.3, -0.25) is 0 Å². The number of piperidine rings is 1. The fourth-order valence-corrected chi connectivity index (χ4v) is 3.43. The molecule has 2 heterocycles. The van der Waals surface area contributed by atoms with E-state index in [0.29, 0.717) is 5.41 Å². The van der Waals surface area contributed by atoms with Crippen molar-refractivity contribution in [2.75, 3.05) is 0 Å². The predicted molar refractivity (Wildman–Crippen MR) is 59.2 cm³/mol. The van der Waals surface area contributed by atoms with Crippen LogP contribution in [0.2, 0.25) is 0 Å². The van der Waals surface area contributed by atoms with Crippen molar-refractivity contribution < 1.29 is 0 Å². The zero-order valence-corrected chi connectivity index (χ0v) is 9.18. The number of hydrogen-bond donors (Lipinski definition) is 1. The van der Waals surface area contributed by atoms with Crippen LogP contribution in [0.4, 0.5) is 0 Å². The summed E-state index contributed by atoms with van der Waals surface area (Å²) >= 11 is 0. The van der Waals surface area contributed by atoms with Gasteiger partial charge in [0.1, 0.15) is 0 Å². The second-order valence-corrected chi connectivity index (χ2v) is 5.86. The molecule has 3 aliphatic rings. The maximum atomic E-state index is 3.70. The summed E-state index contributed by atoms with van der Waals surface area (Å²) in [6.45, 7) is 2.44. The summed E-state index contributed by atoms with van der Waals surface area (Å²) in [5, 5.41) is 3.70. The largest absolute Gasteiger partial charge is 0.311 e. The minimum Gasteiger partial charge on any atom is -0.311 e. The van der Waals surface area contributed by atoms with Gasteiger partial charge in [0.05, 0.1) is 0 Å². The maximum Gasteiger partial charge on any atom is 0.0107 e. The third kappa shape index (κ3) is 1.52. The van der Waals surface area contributed by atoms with Crippen LogP contribution in [-0.2, 0) is 0 Å². The first-order valence-electron chi connectivity index (χ1n) is 6.20. The van der Waals surface area contributed by atoms with Crippen LogP contribution in [0.15, 0.2) is 11.6 Å². The molecule has 0 radical (unpaired) electrons. The normalized spacial score (nSPS) is 39.4.